The molecule has 9 heteroatoms. The Labute approximate surface area is 174 Å². The maximum Gasteiger partial charge on any atom is 0.332 e. The summed E-state index contributed by atoms with van der Waals surface area (Å²) >= 11 is 0. The zero-order chi connectivity index (χ0) is 21.3. The minimum atomic E-state index is -0.384. The molecule has 0 unspecified atom stereocenters. The first kappa shape index (κ1) is 20.2. The average molecular weight is 413 g/mol. The largest absolute Gasteiger partial charge is 0.494 e. The highest BCUT2D eigenvalue weighted by atomic mass is 16.5. The molecule has 4 rings (SSSR count). The lowest BCUT2D eigenvalue weighted by molar-refractivity contribution is 0.184. The van der Waals surface area contributed by atoms with E-state index in [1.807, 2.05) is 35.8 Å². The lowest BCUT2D eigenvalue weighted by Gasteiger charge is -2.22. The van der Waals surface area contributed by atoms with E-state index in [4.69, 9.17) is 14.5 Å². The molecular weight excluding hydrogens is 386 g/mol. The molecule has 2 aromatic heterocycles. The van der Waals surface area contributed by atoms with E-state index in [2.05, 4.69) is 4.90 Å². The molecule has 160 valence electrons. The molecule has 3 aromatic rings. The Morgan fingerprint density at radius 1 is 1.10 bits per heavy atom. The number of aromatic nitrogens is 4. The van der Waals surface area contributed by atoms with E-state index in [0.29, 0.717) is 36.9 Å². The molecule has 0 radical (unpaired) electrons. The number of hydrogen-bond donors (Lipinski definition) is 0. The maximum atomic E-state index is 13.2. The summed E-state index contributed by atoms with van der Waals surface area (Å²) in [5.41, 5.74) is 1.14. The molecule has 9 nitrogen and oxygen atoms in total. The van der Waals surface area contributed by atoms with Crippen molar-refractivity contribution in [2.75, 3.05) is 31.8 Å². The molecule has 0 bridgehead atoms. The Balaban J connectivity index is 1.88. The number of nitrogens with zero attached hydrogens (tertiary/aromatic N) is 5. The van der Waals surface area contributed by atoms with Crippen LogP contribution in [-0.2, 0) is 24.9 Å². The van der Waals surface area contributed by atoms with Crippen LogP contribution < -0.4 is 20.9 Å². The first-order valence-electron chi connectivity index (χ1n) is 10.3. The van der Waals surface area contributed by atoms with Gasteiger partial charge in [-0.25, -0.2) is 4.79 Å². The van der Waals surface area contributed by atoms with Crippen molar-refractivity contribution in [3.8, 4) is 5.75 Å². The number of imidazole rings is 1. The lowest BCUT2D eigenvalue weighted by Crippen LogP contribution is -2.40. The fourth-order valence-electron chi connectivity index (χ4n) is 3.93. The van der Waals surface area contributed by atoms with Gasteiger partial charge < -0.3 is 18.9 Å². The lowest BCUT2D eigenvalue weighted by atomic mass is 10.2. The van der Waals surface area contributed by atoms with Crippen molar-refractivity contribution in [2.24, 2.45) is 7.05 Å². The van der Waals surface area contributed by atoms with Crippen molar-refractivity contribution in [1.82, 2.24) is 18.7 Å². The van der Waals surface area contributed by atoms with Gasteiger partial charge in [0, 0.05) is 32.9 Å². The second-order valence-corrected chi connectivity index (χ2v) is 7.31. The Morgan fingerprint density at radius 3 is 2.53 bits per heavy atom. The van der Waals surface area contributed by atoms with Gasteiger partial charge in [0.2, 0.25) is 5.95 Å². The van der Waals surface area contributed by atoms with Crippen LogP contribution in [0.15, 0.2) is 33.9 Å². The first-order chi connectivity index (χ1) is 14.6. The normalized spacial score (nSPS) is 14.0. The van der Waals surface area contributed by atoms with Gasteiger partial charge in [-0.1, -0.05) is 0 Å². The number of rotatable bonds is 6. The van der Waals surface area contributed by atoms with E-state index in [1.54, 1.807) is 14.2 Å². The molecular formula is C21H27N5O4. The molecule has 0 amide bonds. The summed E-state index contributed by atoms with van der Waals surface area (Å²) in [5, 5.41) is 0. The highest BCUT2D eigenvalue weighted by Crippen LogP contribution is 2.31. The van der Waals surface area contributed by atoms with Gasteiger partial charge in [-0.2, -0.15) is 4.98 Å². The first-order valence-corrected chi connectivity index (χ1v) is 10.3. The van der Waals surface area contributed by atoms with E-state index >= 15 is 0 Å². The molecule has 0 N–H and O–H groups in total. The Hall–Kier alpha value is -3.07. The summed E-state index contributed by atoms with van der Waals surface area (Å²) in [4.78, 5) is 32.8. The van der Waals surface area contributed by atoms with Crippen molar-refractivity contribution in [2.45, 2.75) is 32.9 Å². The molecule has 3 heterocycles. The van der Waals surface area contributed by atoms with Crippen LogP contribution >= 0.6 is 0 Å². The van der Waals surface area contributed by atoms with E-state index in [1.165, 1.54) is 9.13 Å². The fourth-order valence-corrected chi connectivity index (χ4v) is 3.93. The Morgan fingerprint density at radius 2 is 1.83 bits per heavy atom. The zero-order valence-electron chi connectivity index (χ0n) is 17.6. The number of benzene rings is 1. The third kappa shape index (κ3) is 3.39. The van der Waals surface area contributed by atoms with Crippen molar-refractivity contribution in [1.29, 1.82) is 0 Å². The van der Waals surface area contributed by atoms with Crippen molar-refractivity contribution >= 4 is 22.8 Å². The third-order valence-corrected chi connectivity index (χ3v) is 5.45. The summed E-state index contributed by atoms with van der Waals surface area (Å²) in [6.45, 7) is 4.53. The number of ether oxygens (including phenoxy) is 2. The Kier molecular flexibility index (Phi) is 5.63. The monoisotopic (exact) mass is 413 g/mol. The molecule has 0 atom stereocenters. The fraction of sp³-hybridized carbons (Fsp3) is 0.476. The summed E-state index contributed by atoms with van der Waals surface area (Å²) in [6, 6.07) is 7.86. The van der Waals surface area contributed by atoms with Gasteiger partial charge in [0.1, 0.15) is 5.75 Å². The number of aryl methyl sites for hydroxylation is 2. The minimum Gasteiger partial charge on any atom is -0.494 e. The summed E-state index contributed by atoms with van der Waals surface area (Å²) in [6.07, 6.45) is 1.90. The minimum absolute atomic E-state index is 0.209. The zero-order valence-corrected chi connectivity index (χ0v) is 17.6. The molecule has 30 heavy (non-hydrogen) atoms. The van der Waals surface area contributed by atoms with Crippen LogP contribution in [0.5, 0.6) is 5.75 Å². The third-order valence-electron chi connectivity index (χ3n) is 5.45. The van der Waals surface area contributed by atoms with E-state index < -0.39 is 0 Å². The van der Waals surface area contributed by atoms with Gasteiger partial charge in [-0.15, -0.1) is 0 Å². The highest BCUT2D eigenvalue weighted by Gasteiger charge is 2.25. The van der Waals surface area contributed by atoms with Gasteiger partial charge in [0.25, 0.3) is 5.56 Å². The maximum absolute atomic E-state index is 13.2. The van der Waals surface area contributed by atoms with E-state index in [9.17, 15) is 9.59 Å². The van der Waals surface area contributed by atoms with Gasteiger partial charge >= 0.3 is 5.69 Å². The summed E-state index contributed by atoms with van der Waals surface area (Å²) < 4.78 is 15.2. The topological polar surface area (TPSA) is 83.5 Å². The molecule has 1 aromatic carbocycles. The van der Waals surface area contributed by atoms with Crippen molar-refractivity contribution in [3.05, 3.63) is 45.1 Å². The van der Waals surface area contributed by atoms with Crippen LogP contribution in [0.4, 0.5) is 11.6 Å². The predicted octanol–water partition coefficient (Wildman–Crippen LogP) is 1.87. The van der Waals surface area contributed by atoms with Crippen molar-refractivity contribution < 1.29 is 9.47 Å². The smallest absolute Gasteiger partial charge is 0.332 e. The SMILES string of the molecule is CCOc1ccc(N2CCCCn3c2nc2c3c(=O)n(CCOC)c(=O)n2C)cc1. The van der Waals surface area contributed by atoms with E-state index in [-0.39, 0.29) is 17.8 Å². The van der Waals surface area contributed by atoms with Crippen LogP contribution in [0.1, 0.15) is 19.8 Å². The number of hydrogen-bond acceptors (Lipinski definition) is 6. The average Bonchev–Trinajstić information content (AvgIpc) is 3.01. The molecule has 1 aliphatic rings. The molecule has 0 saturated heterocycles. The van der Waals surface area contributed by atoms with Crippen LogP contribution in [0.3, 0.4) is 0 Å². The highest BCUT2D eigenvalue weighted by molar-refractivity contribution is 5.76. The van der Waals surface area contributed by atoms with Gasteiger partial charge in [-0.3, -0.25) is 13.9 Å². The predicted molar refractivity (Wildman–Crippen MR) is 115 cm³/mol. The second-order valence-electron chi connectivity index (χ2n) is 7.31. The van der Waals surface area contributed by atoms with Gasteiger partial charge in [0.15, 0.2) is 11.2 Å². The standard InChI is InChI=1S/C21H27N5O4/c1-4-30-16-9-7-15(8-10-16)24-11-5-6-12-25-17-18(22-20(24)25)23(2)21(28)26(19(17)27)13-14-29-3/h7-10H,4-6,11-14H2,1-3H3. The van der Waals surface area contributed by atoms with Crippen LogP contribution in [-0.4, -0.2) is 45.6 Å². The molecule has 0 spiro atoms. The molecule has 1 aliphatic heterocycles. The van der Waals surface area contributed by atoms with Gasteiger partial charge in [0.05, 0.1) is 19.8 Å². The van der Waals surface area contributed by atoms with Crippen LogP contribution in [0.2, 0.25) is 0 Å². The van der Waals surface area contributed by atoms with Crippen molar-refractivity contribution in [3.63, 3.8) is 0 Å². The Bertz CT molecular complexity index is 1160. The number of fused-ring (bicyclic) bond motifs is 3. The molecule has 0 saturated carbocycles. The second kappa shape index (κ2) is 8.35. The quantitative estimate of drug-likeness (QED) is 0.614. The molecule has 0 aliphatic carbocycles. The van der Waals surface area contributed by atoms with E-state index in [0.717, 1.165) is 30.8 Å². The van der Waals surface area contributed by atoms with Crippen LogP contribution in [0.25, 0.3) is 11.2 Å². The van der Waals surface area contributed by atoms with Gasteiger partial charge in [-0.05, 0) is 44.0 Å². The summed E-state index contributed by atoms with van der Waals surface area (Å²) in [5.74, 6) is 1.50. The molecule has 0 fully saturated rings. The van der Waals surface area contributed by atoms with Crippen LogP contribution in [0, 0.1) is 0 Å². The summed E-state index contributed by atoms with van der Waals surface area (Å²) in [7, 11) is 3.20. The number of anilines is 2. The number of methoxy groups -OCH3 is 1.